The molecule has 1 aromatic heterocycles. The Morgan fingerprint density at radius 3 is 2.44 bits per heavy atom. The van der Waals surface area contributed by atoms with Gasteiger partial charge in [-0.05, 0) is 35.7 Å². The van der Waals surface area contributed by atoms with Crippen LogP contribution in [-0.4, -0.2) is 9.55 Å². The lowest BCUT2D eigenvalue weighted by atomic mass is 10.2. The number of rotatable bonds is 5. The van der Waals surface area contributed by atoms with Gasteiger partial charge in [-0.3, -0.25) is 9.36 Å². The van der Waals surface area contributed by atoms with Crippen LogP contribution in [0.15, 0.2) is 52.4 Å². The zero-order valence-corrected chi connectivity index (χ0v) is 16.3. The number of hydrogen-bond donors (Lipinski definition) is 0. The third kappa shape index (κ3) is 4.02. The standard InChI is InChI=1S/C19H18Cl2N2OS/c1-12(2)10-23-18(24)13-6-3-4-9-17(13)22-19(23)25-11-14-15(20)7-5-8-16(14)21/h3-9,12H,10-11H2,1-2H3. The molecule has 3 rings (SSSR count). The van der Waals surface area contributed by atoms with Crippen molar-refractivity contribution >= 4 is 45.9 Å². The van der Waals surface area contributed by atoms with E-state index in [4.69, 9.17) is 28.2 Å². The summed E-state index contributed by atoms with van der Waals surface area (Å²) in [6.45, 7) is 4.79. The van der Waals surface area contributed by atoms with Gasteiger partial charge in [0, 0.05) is 22.3 Å². The number of benzene rings is 2. The normalized spacial score (nSPS) is 11.4. The number of fused-ring (bicyclic) bond motifs is 1. The first-order valence-electron chi connectivity index (χ1n) is 8.02. The number of para-hydroxylation sites is 1. The van der Waals surface area contributed by atoms with E-state index in [1.807, 2.05) is 42.5 Å². The van der Waals surface area contributed by atoms with Gasteiger partial charge in [-0.15, -0.1) is 0 Å². The van der Waals surface area contributed by atoms with Crippen LogP contribution >= 0.6 is 35.0 Å². The first kappa shape index (κ1) is 18.3. The van der Waals surface area contributed by atoms with Crippen molar-refractivity contribution in [3.63, 3.8) is 0 Å². The summed E-state index contributed by atoms with van der Waals surface area (Å²) in [6, 6.07) is 12.9. The van der Waals surface area contributed by atoms with Crippen LogP contribution in [0.25, 0.3) is 10.9 Å². The summed E-state index contributed by atoms with van der Waals surface area (Å²) < 4.78 is 1.75. The minimum atomic E-state index is -0.00736. The van der Waals surface area contributed by atoms with Crippen LogP contribution in [0, 0.1) is 5.92 Å². The van der Waals surface area contributed by atoms with Crippen molar-refractivity contribution in [2.45, 2.75) is 31.3 Å². The van der Waals surface area contributed by atoms with Crippen LogP contribution in [-0.2, 0) is 12.3 Å². The first-order chi connectivity index (χ1) is 12.0. The van der Waals surface area contributed by atoms with E-state index in [2.05, 4.69) is 13.8 Å². The first-order valence-corrected chi connectivity index (χ1v) is 9.76. The van der Waals surface area contributed by atoms with Crippen molar-refractivity contribution in [1.82, 2.24) is 9.55 Å². The highest BCUT2D eigenvalue weighted by atomic mass is 35.5. The van der Waals surface area contributed by atoms with Gasteiger partial charge in [0.2, 0.25) is 0 Å². The minimum absolute atomic E-state index is 0.00736. The Kier molecular flexibility index (Phi) is 5.72. The molecule has 0 saturated heterocycles. The minimum Gasteiger partial charge on any atom is -0.287 e. The summed E-state index contributed by atoms with van der Waals surface area (Å²) in [6.07, 6.45) is 0. The Hall–Kier alpha value is -1.49. The average Bonchev–Trinajstić information content (AvgIpc) is 2.57. The van der Waals surface area contributed by atoms with Gasteiger partial charge in [0.1, 0.15) is 0 Å². The third-order valence-corrected chi connectivity index (χ3v) is 5.49. The third-order valence-electron chi connectivity index (χ3n) is 3.78. The van der Waals surface area contributed by atoms with Crippen LogP contribution in [0.4, 0.5) is 0 Å². The molecule has 0 N–H and O–H groups in total. The van der Waals surface area contributed by atoms with Gasteiger partial charge in [0.25, 0.3) is 5.56 Å². The summed E-state index contributed by atoms with van der Waals surface area (Å²) in [7, 11) is 0. The van der Waals surface area contributed by atoms with E-state index in [0.29, 0.717) is 44.3 Å². The fourth-order valence-corrected chi connectivity index (χ4v) is 4.34. The van der Waals surface area contributed by atoms with E-state index in [1.165, 1.54) is 11.8 Å². The Balaban J connectivity index is 2.03. The Morgan fingerprint density at radius 1 is 1.08 bits per heavy atom. The molecule has 0 spiro atoms. The SMILES string of the molecule is CC(C)Cn1c(SCc2c(Cl)cccc2Cl)nc2ccccc2c1=O. The molecule has 0 amide bonds. The molecule has 0 saturated carbocycles. The molecule has 0 radical (unpaired) electrons. The highest BCUT2D eigenvalue weighted by Gasteiger charge is 2.14. The zero-order valence-electron chi connectivity index (χ0n) is 14.0. The second-order valence-electron chi connectivity index (χ2n) is 6.21. The van der Waals surface area contributed by atoms with Crippen molar-refractivity contribution in [2.75, 3.05) is 0 Å². The maximum atomic E-state index is 12.9. The van der Waals surface area contributed by atoms with Crippen molar-refractivity contribution in [1.29, 1.82) is 0 Å². The summed E-state index contributed by atoms with van der Waals surface area (Å²) in [4.78, 5) is 17.6. The van der Waals surface area contributed by atoms with Gasteiger partial charge in [-0.25, -0.2) is 4.98 Å². The smallest absolute Gasteiger partial charge is 0.262 e. The number of nitrogens with zero attached hydrogens (tertiary/aromatic N) is 2. The van der Waals surface area contributed by atoms with Crippen LogP contribution in [0.1, 0.15) is 19.4 Å². The van der Waals surface area contributed by atoms with E-state index in [1.54, 1.807) is 4.57 Å². The largest absolute Gasteiger partial charge is 0.287 e. The van der Waals surface area contributed by atoms with Gasteiger partial charge >= 0.3 is 0 Å². The summed E-state index contributed by atoms with van der Waals surface area (Å²) in [5, 5.41) is 2.58. The Bertz CT molecular complexity index is 949. The second kappa shape index (κ2) is 7.81. The van der Waals surface area contributed by atoms with Crippen LogP contribution in [0.3, 0.4) is 0 Å². The van der Waals surface area contributed by atoms with Crippen LogP contribution in [0.5, 0.6) is 0 Å². The highest BCUT2D eigenvalue weighted by molar-refractivity contribution is 7.98. The summed E-state index contributed by atoms with van der Waals surface area (Å²) >= 11 is 14.0. The highest BCUT2D eigenvalue weighted by Crippen LogP contribution is 2.31. The van der Waals surface area contributed by atoms with Crippen molar-refractivity contribution in [3.05, 3.63) is 68.4 Å². The molecule has 0 fully saturated rings. The maximum absolute atomic E-state index is 12.9. The van der Waals surface area contributed by atoms with Crippen molar-refractivity contribution < 1.29 is 0 Å². The quantitative estimate of drug-likeness (QED) is 0.415. The molecule has 0 aliphatic carbocycles. The van der Waals surface area contributed by atoms with Crippen molar-refractivity contribution in [2.24, 2.45) is 5.92 Å². The zero-order chi connectivity index (χ0) is 18.0. The summed E-state index contributed by atoms with van der Waals surface area (Å²) in [5.74, 6) is 0.894. The average molecular weight is 393 g/mol. The number of thioether (sulfide) groups is 1. The van der Waals surface area contributed by atoms with Crippen molar-refractivity contribution in [3.8, 4) is 0 Å². The molecule has 0 aliphatic rings. The van der Waals surface area contributed by atoms with Crippen LogP contribution in [0.2, 0.25) is 10.0 Å². The van der Waals surface area contributed by atoms with E-state index in [9.17, 15) is 4.79 Å². The molecule has 0 bridgehead atoms. The topological polar surface area (TPSA) is 34.9 Å². The molecule has 25 heavy (non-hydrogen) atoms. The Labute approximate surface area is 161 Å². The molecular formula is C19H18Cl2N2OS. The molecule has 0 aliphatic heterocycles. The second-order valence-corrected chi connectivity index (χ2v) is 7.97. The maximum Gasteiger partial charge on any atom is 0.262 e. The van der Waals surface area contributed by atoms with Gasteiger partial charge in [0.15, 0.2) is 5.16 Å². The van der Waals surface area contributed by atoms with Gasteiger partial charge in [-0.1, -0.05) is 67.0 Å². The summed E-state index contributed by atoms with van der Waals surface area (Å²) in [5.41, 5.74) is 1.56. The molecule has 6 heteroatoms. The molecule has 0 unspecified atom stereocenters. The predicted octanol–water partition coefficient (Wildman–Crippen LogP) is 5.65. The van der Waals surface area contributed by atoms with Crippen LogP contribution < -0.4 is 5.56 Å². The molecule has 3 aromatic rings. The molecule has 130 valence electrons. The number of hydrogen-bond acceptors (Lipinski definition) is 3. The monoisotopic (exact) mass is 392 g/mol. The fourth-order valence-electron chi connectivity index (χ4n) is 2.59. The lowest BCUT2D eigenvalue weighted by Crippen LogP contribution is -2.25. The number of halogens is 2. The molecular weight excluding hydrogens is 375 g/mol. The fraction of sp³-hybridized carbons (Fsp3) is 0.263. The van der Waals surface area contributed by atoms with Gasteiger partial charge < -0.3 is 0 Å². The lowest BCUT2D eigenvalue weighted by Gasteiger charge is -2.15. The van der Waals surface area contributed by atoms with E-state index in [0.717, 1.165) is 5.56 Å². The van der Waals surface area contributed by atoms with E-state index in [-0.39, 0.29) is 5.56 Å². The molecule has 2 aromatic carbocycles. The Morgan fingerprint density at radius 2 is 1.76 bits per heavy atom. The number of aromatic nitrogens is 2. The molecule has 3 nitrogen and oxygen atoms in total. The predicted molar refractivity (Wildman–Crippen MR) is 107 cm³/mol. The van der Waals surface area contributed by atoms with Gasteiger partial charge in [-0.2, -0.15) is 0 Å². The van der Waals surface area contributed by atoms with Gasteiger partial charge in [0.05, 0.1) is 10.9 Å². The molecule has 0 atom stereocenters. The van der Waals surface area contributed by atoms with E-state index >= 15 is 0 Å². The van der Waals surface area contributed by atoms with E-state index < -0.39 is 0 Å². The molecule has 1 heterocycles. The lowest BCUT2D eigenvalue weighted by molar-refractivity contribution is 0.475.